The number of aromatic nitrogens is 1. The molecule has 26 heavy (non-hydrogen) atoms. The molecule has 2 amide bonds. The van der Waals surface area contributed by atoms with Gasteiger partial charge in [0, 0.05) is 52.9 Å². The van der Waals surface area contributed by atoms with Crippen LogP contribution in [0.1, 0.15) is 39.7 Å². The van der Waals surface area contributed by atoms with Crippen LogP contribution < -0.4 is 10.6 Å². The zero-order chi connectivity index (χ0) is 19.5. The molecule has 1 aromatic carbocycles. The molecule has 0 aliphatic heterocycles. The van der Waals surface area contributed by atoms with Gasteiger partial charge in [-0.25, -0.2) is 4.98 Å². The normalized spacial score (nSPS) is 11.2. The van der Waals surface area contributed by atoms with Crippen LogP contribution in [0, 0.1) is 13.8 Å². The summed E-state index contributed by atoms with van der Waals surface area (Å²) in [5.74, 6) is -0.392. The third kappa shape index (κ3) is 5.45. The van der Waals surface area contributed by atoms with E-state index in [1.165, 1.54) is 19.1 Å². The number of halogens is 3. The Bertz CT molecular complexity index is 851. The molecule has 0 spiro atoms. The van der Waals surface area contributed by atoms with Crippen molar-refractivity contribution < 1.29 is 18.4 Å². The van der Waals surface area contributed by atoms with Crippen molar-refractivity contribution in [1.29, 1.82) is 0 Å². The van der Waals surface area contributed by atoms with Gasteiger partial charge in [-0.2, -0.15) is 8.78 Å². The highest BCUT2D eigenvalue weighted by atomic mass is 127. The minimum Gasteiger partial charge on any atom is -0.348 e. The molecule has 0 atom stereocenters. The van der Waals surface area contributed by atoms with Gasteiger partial charge in [0.15, 0.2) is 0 Å². The molecule has 0 aliphatic rings. The highest BCUT2D eigenvalue weighted by molar-refractivity contribution is 14.1. The SMILES string of the molecule is CC(=O)Nc1cc(C(=O)NCc2ccc(C)c(C(F)(F)I)c2)cc(C)n1. The number of amides is 2. The molecule has 0 unspecified atom stereocenters. The summed E-state index contributed by atoms with van der Waals surface area (Å²) in [6.45, 7) is 4.78. The van der Waals surface area contributed by atoms with Gasteiger partial charge in [0.25, 0.3) is 5.91 Å². The van der Waals surface area contributed by atoms with Crippen molar-refractivity contribution in [2.75, 3.05) is 5.32 Å². The van der Waals surface area contributed by atoms with E-state index in [0.717, 1.165) is 22.6 Å². The quantitative estimate of drug-likeness (QED) is 0.508. The second kappa shape index (κ2) is 8.07. The lowest BCUT2D eigenvalue weighted by molar-refractivity contribution is -0.114. The van der Waals surface area contributed by atoms with Gasteiger partial charge in [-0.15, -0.1) is 0 Å². The van der Waals surface area contributed by atoms with E-state index >= 15 is 0 Å². The molecule has 0 saturated heterocycles. The molecule has 0 bridgehead atoms. The third-order valence-electron chi connectivity index (χ3n) is 3.58. The molecule has 2 rings (SSSR count). The van der Waals surface area contributed by atoms with Crippen molar-refractivity contribution in [2.45, 2.75) is 31.2 Å². The van der Waals surface area contributed by atoms with Gasteiger partial charge >= 0.3 is 3.93 Å². The molecule has 0 saturated carbocycles. The van der Waals surface area contributed by atoms with Crippen LogP contribution in [0.2, 0.25) is 0 Å². The lowest BCUT2D eigenvalue weighted by Gasteiger charge is -2.14. The van der Waals surface area contributed by atoms with E-state index in [4.69, 9.17) is 0 Å². The molecule has 5 nitrogen and oxygen atoms in total. The van der Waals surface area contributed by atoms with Crippen molar-refractivity contribution in [2.24, 2.45) is 0 Å². The summed E-state index contributed by atoms with van der Waals surface area (Å²) in [5, 5.41) is 5.23. The fourth-order valence-corrected chi connectivity index (χ4v) is 2.99. The number of nitrogens with one attached hydrogen (secondary N) is 2. The van der Waals surface area contributed by atoms with Crippen LogP contribution in [0.15, 0.2) is 30.3 Å². The van der Waals surface area contributed by atoms with Gasteiger partial charge in [0.1, 0.15) is 5.82 Å². The van der Waals surface area contributed by atoms with Gasteiger partial charge in [-0.3, -0.25) is 9.59 Å². The highest BCUT2D eigenvalue weighted by Gasteiger charge is 2.28. The number of hydrogen-bond acceptors (Lipinski definition) is 3. The van der Waals surface area contributed by atoms with Crippen LogP contribution in [-0.2, 0) is 15.3 Å². The van der Waals surface area contributed by atoms with Gasteiger partial charge < -0.3 is 10.6 Å². The van der Waals surface area contributed by atoms with Gasteiger partial charge in [-0.1, -0.05) is 12.1 Å². The summed E-state index contributed by atoms with van der Waals surface area (Å²) in [6.07, 6.45) is 0. The number of hydrogen-bond donors (Lipinski definition) is 2. The summed E-state index contributed by atoms with van der Waals surface area (Å²) >= 11 is 1.09. The molecule has 1 aromatic heterocycles. The Morgan fingerprint density at radius 3 is 2.50 bits per heavy atom. The van der Waals surface area contributed by atoms with Crippen molar-refractivity contribution in [3.63, 3.8) is 0 Å². The first-order valence-electron chi connectivity index (χ1n) is 7.77. The number of benzene rings is 1. The topological polar surface area (TPSA) is 71.1 Å². The van der Waals surface area contributed by atoms with E-state index in [-0.39, 0.29) is 29.7 Å². The number of aryl methyl sites for hydroxylation is 2. The molecule has 0 fully saturated rings. The molecule has 1 heterocycles. The minimum absolute atomic E-state index is 0.0717. The first-order valence-corrected chi connectivity index (χ1v) is 8.85. The van der Waals surface area contributed by atoms with Crippen molar-refractivity contribution in [3.05, 3.63) is 58.3 Å². The smallest absolute Gasteiger partial charge is 0.321 e. The fourth-order valence-electron chi connectivity index (χ4n) is 2.41. The second-order valence-electron chi connectivity index (χ2n) is 5.89. The Morgan fingerprint density at radius 1 is 1.19 bits per heavy atom. The number of alkyl halides is 3. The van der Waals surface area contributed by atoms with Crippen molar-refractivity contribution >= 4 is 40.2 Å². The summed E-state index contributed by atoms with van der Waals surface area (Å²) < 4.78 is 24.2. The Hall–Kier alpha value is -2.10. The average molecular weight is 473 g/mol. The molecule has 0 aliphatic carbocycles. The first-order chi connectivity index (χ1) is 12.1. The third-order valence-corrected chi connectivity index (χ3v) is 4.16. The number of carbonyl (C=O) groups is 2. The van der Waals surface area contributed by atoms with E-state index in [1.54, 1.807) is 32.0 Å². The summed E-state index contributed by atoms with van der Waals surface area (Å²) in [7, 11) is 0. The monoisotopic (exact) mass is 473 g/mol. The molecule has 0 radical (unpaired) electrons. The van der Waals surface area contributed by atoms with Gasteiger partial charge in [-0.05, 0) is 43.2 Å². The maximum Gasteiger partial charge on any atom is 0.321 e. The molecule has 2 aromatic rings. The van der Waals surface area contributed by atoms with Crippen LogP contribution in [0.3, 0.4) is 0 Å². The second-order valence-corrected chi connectivity index (χ2v) is 7.25. The number of anilines is 1. The number of carbonyl (C=O) groups excluding carboxylic acids is 2. The van der Waals surface area contributed by atoms with E-state index in [0.29, 0.717) is 22.4 Å². The zero-order valence-corrected chi connectivity index (χ0v) is 16.6. The molecule has 138 valence electrons. The summed E-state index contributed by atoms with van der Waals surface area (Å²) in [5.41, 5.74) is 1.89. The predicted molar refractivity (Wildman–Crippen MR) is 104 cm³/mol. The largest absolute Gasteiger partial charge is 0.348 e. The molecule has 2 N–H and O–H groups in total. The predicted octanol–water partition coefficient (Wildman–Crippen LogP) is 4.07. The Kier molecular flexibility index (Phi) is 6.27. The van der Waals surface area contributed by atoms with Gasteiger partial charge in [0.05, 0.1) is 0 Å². The number of nitrogens with zero attached hydrogens (tertiary/aromatic N) is 1. The van der Waals surface area contributed by atoms with Crippen LogP contribution >= 0.6 is 22.6 Å². The zero-order valence-electron chi connectivity index (χ0n) is 14.5. The Labute approximate surface area is 163 Å². The molecular weight excluding hydrogens is 455 g/mol. The average Bonchev–Trinajstić information content (AvgIpc) is 2.51. The lowest BCUT2D eigenvalue weighted by Crippen LogP contribution is -2.23. The van der Waals surface area contributed by atoms with E-state index < -0.39 is 3.93 Å². The van der Waals surface area contributed by atoms with E-state index in [1.807, 2.05) is 0 Å². The lowest BCUT2D eigenvalue weighted by atomic mass is 10.1. The summed E-state index contributed by atoms with van der Waals surface area (Å²) in [6, 6.07) is 7.74. The maximum atomic E-state index is 13.6. The van der Waals surface area contributed by atoms with Crippen LogP contribution in [0.5, 0.6) is 0 Å². The van der Waals surface area contributed by atoms with E-state index in [9.17, 15) is 18.4 Å². The number of pyridine rings is 1. The standard InChI is InChI=1S/C18H18F2IN3O2/c1-10-4-5-13(7-15(10)18(19,20)21)9-22-17(26)14-6-11(2)23-16(8-14)24-12(3)25/h4-8H,9H2,1-3H3,(H,22,26)(H,23,24,25). The fraction of sp³-hybridized carbons (Fsp3) is 0.278. The van der Waals surface area contributed by atoms with Crippen LogP contribution in [-0.4, -0.2) is 16.8 Å². The van der Waals surface area contributed by atoms with Crippen LogP contribution in [0.4, 0.5) is 14.6 Å². The van der Waals surface area contributed by atoms with E-state index in [2.05, 4.69) is 15.6 Å². The molecule has 8 heteroatoms. The highest BCUT2D eigenvalue weighted by Crippen LogP contribution is 2.37. The first kappa shape index (κ1) is 20.2. The van der Waals surface area contributed by atoms with Crippen molar-refractivity contribution in [1.82, 2.24) is 10.3 Å². The number of rotatable bonds is 5. The Morgan fingerprint density at radius 2 is 1.88 bits per heavy atom. The Balaban J connectivity index is 2.14. The van der Waals surface area contributed by atoms with Gasteiger partial charge in [0.2, 0.25) is 5.91 Å². The minimum atomic E-state index is -2.97. The van der Waals surface area contributed by atoms with Crippen LogP contribution in [0.25, 0.3) is 0 Å². The summed E-state index contributed by atoms with van der Waals surface area (Å²) in [4.78, 5) is 27.6. The molecular formula is C18H18F2IN3O2. The van der Waals surface area contributed by atoms with Crippen molar-refractivity contribution in [3.8, 4) is 0 Å². The maximum absolute atomic E-state index is 13.6.